The fraction of sp³-hybridized carbons (Fsp3) is 0.556. The zero-order chi connectivity index (χ0) is 16.5. The number of carbonyl (C=O) groups excluding carboxylic acids is 1. The van der Waals surface area contributed by atoms with Gasteiger partial charge in [0.25, 0.3) is 0 Å². The van der Waals surface area contributed by atoms with Gasteiger partial charge in [0.2, 0.25) is 5.91 Å². The molecule has 0 radical (unpaired) electrons. The van der Waals surface area contributed by atoms with Gasteiger partial charge in [-0.1, -0.05) is 0 Å². The molecule has 0 saturated carbocycles. The van der Waals surface area contributed by atoms with E-state index in [1.54, 1.807) is 0 Å². The summed E-state index contributed by atoms with van der Waals surface area (Å²) < 4.78 is 1.98. The molecule has 0 bridgehead atoms. The van der Waals surface area contributed by atoms with Gasteiger partial charge < -0.3 is 4.90 Å². The fourth-order valence-electron chi connectivity index (χ4n) is 4.03. The van der Waals surface area contributed by atoms with E-state index in [9.17, 15) is 4.79 Å². The van der Waals surface area contributed by atoms with Gasteiger partial charge in [-0.15, -0.1) is 11.3 Å². The summed E-state index contributed by atoms with van der Waals surface area (Å²) in [5.41, 5.74) is 1.33. The van der Waals surface area contributed by atoms with E-state index in [1.807, 2.05) is 39.4 Å². The van der Waals surface area contributed by atoms with Gasteiger partial charge in [0.05, 0.1) is 12.6 Å². The van der Waals surface area contributed by atoms with Crippen molar-refractivity contribution in [3.63, 3.8) is 0 Å². The van der Waals surface area contributed by atoms with Crippen LogP contribution in [0.25, 0.3) is 0 Å². The highest BCUT2D eigenvalue weighted by Gasteiger charge is 2.35. The predicted molar refractivity (Wildman–Crippen MR) is 94.9 cm³/mol. The van der Waals surface area contributed by atoms with Crippen molar-refractivity contribution in [3.05, 3.63) is 40.3 Å². The van der Waals surface area contributed by atoms with Gasteiger partial charge in [-0.3, -0.25) is 14.4 Å². The van der Waals surface area contributed by atoms with Crippen molar-refractivity contribution in [2.75, 3.05) is 13.1 Å². The van der Waals surface area contributed by atoms with Crippen LogP contribution in [0.1, 0.15) is 30.2 Å². The molecule has 2 aliphatic rings. The largest absolute Gasteiger partial charge is 0.337 e. The highest BCUT2D eigenvalue weighted by molar-refractivity contribution is 7.10. The van der Waals surface area contributed by atoms with Crippen LogP contribution in [0.15, 0.2) is 29.9 Å². The summed E-state index contributed by atoms with van der Waals surface area (Å²) in [6.45, 7) is 5.59. The standard InChI is InChI=1S/C18H24N4OS/c1-14(18(23)20-10-5-17-15(12-20)6-11-24-17)22-9-2-4-16(22)13-21-8-3-7-19-21/h3,6-8,11,14,16H,2,4-5,9-10,12-13H2,1H3/t14-,16+/m0/s1. The molecule has 24 heavy (non-hydrogen) atoms. The van der Waals surface area contributed by atoms with E-state index in [4.69, 9.17) is 0 Å². The summed E-state index contributed by atoms with van der Waals surface area (Å²) in [4.78, 5) is 18.9. The van der Waals surface area contributed by atoms with Crippen LogP contribution in [0.2, 0.25) is 0 Å². The van der Waals surface area contributed by atoms with Gasteiger partial charge in [-0.25, -0.2) is 0 Å². The number of carbonyl (C=O) groups is 1. The zero-order valence-corrected chi connectivity index (χ0v) is 14.9. The minimum atomic E-state index is -0.0479. The minimum absolute atomic E-state index is 0.0479. The van der Waals surface area contributed by atoms with Gasteiger partial charge in [0.1, 0.15) is 0 Å². The molecule has 4 rings (SSSR count). The van der Waals surface area contributed by atoms with Crippen LogP contribution in [0.4, 0.5) is 0 Å². The maximum atomic E-state index is 13.0. The van der Waals surface area contributed by atoms with Crippen LogP contribution < -0.4 is 0 Å². The number of hydrogen-bond acceptors (Lipinski definition) is 4. The second-order valence-corrected chi connectivity index (χ2v) is 7.82. The van der Waals surface area contributed by atoms with Gasteiger partial charge in [-0.05, 0) is 55.8 Å². The molecule has 128 valence electrons. The van der Waals surface area contributed by atoms with Crippen LogP contribution in [-0.4, -0.2) is 50.7 Å². The lowest BCUT2D eigenvalue weighted by atomic mass is 10.1. The van der Waals surface area contributed by atoms with Gasteiger partial charge >= 0.3 is 0 Å². The van der Waals surface area contributed by atoms with Crippen molar-refractivity contribution in [2.45, 2.75) is 51.4 Å². The molecule has 1 fully saturated rings. The van der Waals surface area contributed by atoms with Crippen molar-refractivity contribution < 1.29 is 4.79 Å². The highest BCUT2D eigenvalue weighted by Crippen LogP contribution is 2.27. The Morgan fingerprint density at radius 2 is 2.38 bits per heavy atom. The third kappa shape index (κ3) is 3.00. The number of thiophene rings is 1. The average Bonchev–Trinajstić information content (AvgIpc) is 3.34. The summed E-state index contributed by atoms with van der Waals surface area (Å²) in [6, 6.07) is 4.49. The molecule has 1 amide bonds. The summed E-state index contributed by atoms with van der Waals surface area (Å²) in [7, 11) is 0. The molecule has 5 nitrogen and oxygen atoms in total. The van der Waals surface area contributed by atoms with Crippen molar-refractivity contribution in [3.8, 4) is 0 Å². The molecule has 0 aromatic carbocycles. The van der Waals surface area contributed by atoms with Crippen LogP contribution in [0.3, 0.4) is 0 Å². The average molecular weight is 344 g/mol. The van der Waals surface area contributed by atoms with Gasteiger partial charge in [0.15, 0.2) is 0 Å². The lowest BCUT2D eigenvalue weighted by Crippen LogP contribution is -2.50. The first-order valence-corrected chi connectivity index (χ1v) is 9.67. The third-order valence-electron chi connectivity index (χ3n) is 5.35. The Labute approximate surface area is 146 Å². The molecule has 2 atom stereocenters. The van der Waals surface area contributed by atoms with Gasteiger partial charge in [-0.2, -0.15) is 5.10 Å². The number of amides is 1. The molecule has 0 N–H and O–H groups in total. The maximum Gasteiger partial charge on any atom is 0.239 e. The lowest BCUT2D eigenvalue weighted by Gasteiger charge is -2.35. The van der Waals surface area contributed by atoms with E-state index in [1.165, 1.54) is 10.4 Å². The first-order valence-electron chi connectivity index (χ1n) is 8.79. The molecule has 2 aliphatic heterocycles. The Hall–Kier alpha value is -1.66. The Morgan fingerprint density at radius 1 is 1.46 bits per heavy atom. The number of rotatable bonds is 4. The van der Waals surface area contributed by atoms with Crippen LogP contribution in [-0.2, 0) is 24.3 Å². The molecule has 2 aromatic heterocycles. The summed E-state index contributed by atoms with van der Waals surface area (Å²) in [6.07, 6.45) is 7.14. The molecule has 1 saturated heterocycles. The topological polar surface area (TPSA) is 41.4 Å². The smallest absolute Gasteiger partial charge is 0.239 e. The lowest BCUT2D eigenvalue weighted by molar-refractivity contribution is -0.137. The predicted octanol–water partition coefficient (Wildman–Crippen LogP) is 2.38. The summed E-state index contributed by atoms with van der Waals surface area (Å²) >= 11 is 1.82. The summed E-state index contributed by atoms with van der Waals surface area (Å²) in [5.74, 6) is 0.277. The van der Waals surface area contributed by atoms with Gasteiger partial charge in [0, 0.05) is 36.4 Å². The minimum Gasteiger partial charge on any atom is -0.337 e. The zero-order valence-electron chi connectivity index (χ0n) is 14.1. The normalized spacial score (nSPS) is 22.5. The molecule has 4 heterocycles. The summed E-state index contributed by atoms with van der Waals surface area (Å²) in [5, 5.41) is 6.46. The van der Waals surface area contributed by atoms with Crippen molar-refractivity contribution in [1.29, 1.82) is 0 Å². The first-order chi connectivity index (χ1) is 11.7. The molecular formula is C18H24N4OS. The van der Waals surface area contributed by atoms with E-state index in [0.717, 1.165) is 45.4 Å². The van der Waals surface area contributed by atoms with E-state index >= 15 is 0 Å². The second kappa shape index (κ2) is 6.69. The molecule has 0 aliphatic carbocycles. The number of fused-ring (bicyclic) bond motifs is 1. The number of aromatic nitrogens is 2. The van der Waals surface area contributed by atoms with Crippen molar-refractivity contribution >= 4 is 17.2 Å². The van der Waals surface area contributed by atoms with Crippen LogP contribution in [0.5, 0.6) is 0 Å². The monoisotopic (exact) mass is 344 g/mol. The van der Waals surface area contributed by atoms with E-state index in [2.05, 4.69) is 28.4 Å². The maximum absolute atomic E-state index is 13.0. The Kier molecular flexibility index (Phi) is 4.41. The molecular weight excluding hydrogens is 320 g/mol. The highest BCUT2D eigenvalue weighted by atomic mass is 32.1. The quantitative estimate of drug-likeness (QED) is 0.855. The Bertz CT molecular complexity index is 696. The number of nitrogens with zero attached hydrogens (tertiary/aromatic N) is 4. The van der Waals surface area contributed by atoms with Crippen molar-refractivity contribution in [1.82, 2.24) is 19.6 Å². The first kappa shape index (κ1) is 15.8. The molecule has 6 heteroatoms. The van der Waals surface area contributed by atoms with E-state index in [0.29, 0.717) is 6.04 Å². The molecule has 0 spiro atoms. The molecule has 2 aromatic rings. The fourth-order valence-corrected chi connectivity index (χ4v) is 4.92. The SMILES string of the molecule is C[C@@H](C(=O)N1CCc2sccc2C1)N1CCC[C@@H]1Cn1cccn1. The van der Waals surface area contributed by atoms with Crippen LogP contribution >= 0.6 is 11.3 Å². The Morgan fingerprint density at radius 3 is 3.21 bits per heavy atom. The number of hydrogen-bond donors (Lipinski definition) is 0. The third-order valence-corrected chi connectivity index (χ3v) is 6.38. The van der Waals surface area contributed by atoms with Crippen LogP contribution in [0, 0.1) is 0 Å². The number of likely N-dealkylation sites (tertiary alicyclic amines) is 1. The van der Waals surface area contributed by atoms with E-state index < -0.39 is 0 Å². The van der Waals surface area contributed by atoms with Crippen molar-refractivity contribution in [2.24, 2.45) is 0 Å². The Balaban J connectivity index is 1.42. The van der Waals surface area contributed by atoms with E-state index in [-0.39, 0.29) is 11.9 Å². The molecule has 0 unspecified atom stereocenters. The second-order valence-electron chi connectivity index (χ2n) is 6.82.